The monoisotopic (exact) mass is 252 g/mol. The van der Waals surface area contributed by atoms with Gasteiger partial charge in [0, 0.05) is 23.3 Å². The van der Waals surface area contributed by atoms with Gasteiger partial charge in [0.1, 0.15) is 17.7 Å². The van der Waals surface area contributed by atoms with Crippen molar-refractivity contribution in [2.24, 2.45) is 0 Å². The van der Waals surface area contributed by atoms with Gasteiger partial charge in [-0.2, -0.15) is 5.21 Å². The van der Waals surface area contributed by atoms with Gasteiger partial charge < -0.3 is 9.40 Å². The van der Waals surface area contributed by atoms with Crippen LogP contribution in [0, 0.1) is 0 Å². The van der Waals surface area contributed by atoms with E-state index in [4.69, 9.17) is 4.42 Å². The van der Waals surface area contributed by atoms with Crippen LogP contribution in [0.1, 0.15) is 0 Å². The third-order valence-corrected chi connectivity index (χ3v) is 2.94. The lowest BCUT2D eigenvalue weighted by atomic mass is 10.1. The second-order valence-corrected chi connectivity index (χ2v) is 4.00. The largest absolute Gasteiger partial charge is 0.464 e. The van der Waals surface area contributed by atoms with Gasteiger partial charge in [0.25, 0.3) is 0 Å². The summed E-state index contributed by atoms with van der Waals surface area (Å²) in [5, 5.41) is 14.9. The predicted molar refractivity (Wildman–Crippen MR) is 67.0 cm³/mol. The van der Waals surface area contributed by atoms with E-state index < -0.39 is 0 Å². The number of aromatic nitrogens is 6. The molecule has 0 spiro atoms. The fourth-order valence-corrected chi connectivity index (χ4v) is 2.14. The number of rotatable bonds is 2. The summed E-state index contributed by atoms with van der Waals surface area (Å²) < 4.78 is 5.55. The number of aromatic amines is 2. The maximum Gasteiger partial charge on any atom is 0.208 e. The Kier molecular flexibility index (Phi) is 1.99. The molecule has 3 heterocycles. The standard InChI is InChI=1S/C12H8N6O/c1-2-7(11-13-4-5-14-11)10-8(6-19-9(10)3-1)12-15-17-18-16-12/h1-6H,(H,13,14)(H,15,16,17,18). The third kappa shape index (κ3) is 1.45. The third-order valence-electron chi connectivity index (χ3n) is 2.94. The minimum Gasteiger partial charge on any atom is -0.464 e. The van der Waals surface area contributed by atoms with E-state index in [-0.39, 0.29) is 0 Å². The van der Waals surface area contributed by atoms with E-state index in [2.05, 4.69) is 30.6 Å². The first-order chi connectivity index (χ1) is 9.43. The number of hydrogen-bond donors (Lipinski definition) is 2. The Bertz CT molecular complexity index is 815. The smallest absolute Gasteiger partial charge is 0.208 e. The number of benzene rings is 1. The molecule has 0 atom stereocenters. The van der Waals surface area contributed by atoms with Crippen molar-refractivity contribution in [1.29, 1.82) is 0 Å². The first-order valence-electron chi connectivity index (χ1n) is 5.67. The number of fused-ring (bicyclic) bond motifs is 1. The van der Waals surface area contributed by atoms with Crippen molar-refractivity contribution in [3.63, 3.8) is 0 Å². The van der Waals surface area contributed by atoms with Crippen LogP contribution < -0.4 is 0 Å². The van der Waals surface area contributed by atoms with Crippen molar-refractivity contribution in [3.05, 3.63) is 36.9 Å². The van der Waals surface area contributed by atoms with Gasteiger partial charge in [0.15, 0.2) is 0 Å². The number of nitrogens with zero attached hydrogens (tertiary/aromatic N) is 4. The van der Waals surface area contributed by atoms with Crippen LogP contribution >= 0.6 is 0 Å². The zero-order valence-electron chi connectivity index (χ0n) is 9.66. The van der Waals surface area contributed by atoms with Gasteiger partial charge in [-0.15, -0.1) is 10.2 Å². The number of tetrazole rings is 1. The van der Waals surface area contributed by atoms with Crippen molar-refractivity contribution in [2.75, 3.05) is 0 Å². The summed E-state index contributed by atoms with van der Waals surface area (Å²) in [5.74, 6) is 1.27. The fourth-order valence-electron chi connectivity index (χ4n) is 2.14. The Morgan fingerprint density at radius 3 is 2.95 bits per heavy atom. The molecule has 4 rings (SSSR count). The lowest BCUT2D eigenvalue weighted by Gasteiger charge is -2.00. The van der Waals surface area contributed by atoms with Crippen LogP contribution in [0.3, 0.4) is 0 Å². The lowest BCUT2D eigenvalue weighted by molar-refractivity contribution is 0.616. The predicted octanol–water partition coefficient (Wildman–Crippen LogP) is 2.00. The van der Waals surface area contributed by atoms with Crippen LogP contribution in [0.15, 0.2) is 41.3 Å². The Morgan fingerprint density at radius 1 is 1.16 bits per heavy atom. The van der Waals surface area contributed by atoms with E-state index in [9.17, 15) is 0 Å². The fraction of sp³-hybridized carbons (Fsp3) is 0. The molecule has 0 aliphatic rings. The Balaban J connectivity index is 2.07. The molecule has 0 saturated carbocycles. The highest BCUT2D eigenvalue weighted by Crippen LogP contribution is 2.34. The summed E-state index contributed by atoms with van der Waals surface area (Å²) >= 11 is 0. The molecule has 92 valence electrons. The van der Waals surface area contributed by atoms with Crippen LogP contribution in [-0.4, -0.2) is 30.6 Å². The molecule has 0 bridgehead atoms. The molecule has 4 aromatic rings. The first kappa shape index (κ1) is 10.0. The topological polar surface area (TPSA) is 96.3 Å². The van der Waals surface area contributed by atoms with Crippen LogP contribution in [-0.2, 0) is 0 Å². The maximum absolute atomic E-state index is 5.55. The molecule has 0 aliphatic heterocycles. The van der Waals surface area contributed by atoms with E-state index >= 15 is 0 Å². The summed E-state index contributed by atoms with van der Waals surface area (Å²) in [6.45, 7) is 0. The minimum atomic E-state index is 0.498. The first-order valence-corrected chi connectivity index (χ1v) is 5.67. The van der Waals surface area contributed by atoms with Crippen molar-refractivity contribution >= 4 is 11.0 Å². The van der Waals surface area contributed by atoms with E-state index in [1.165, 1.54) is 0 Å². The average molecular weight is 252 g/mol. The second-order valence-electron chi connectivity index (χ2n) is 4.00. The van der Waals surface area contributed by atoms with Gasteiger partial charge in [-0.3, -0.25) is 0 Å². The van der Waals surface area contributed by atoms with Crippen LogP contribution in [0.2, 0.25) is 0 Å². The molecular formula is C12H8N6O. The lowest BCUT2D eigenvalue weighted by Crippen LogP contribution is -1.85. The number of hydrogen-bond acceptors (Lipinski definition) is 5. The quantitative estimate of drug-likeness (QED) is 0.568. The van der Waals surface area contributed by atoms with E-state index in [0.29, 0.717) is 5.82 Å². The number of furan rings is 1. The van der Waals surface area contributed by atoms with Crippen molar-refractivity contribution in [3.8, 4) is 22.8 Å². The highest BCUT2D eigenvalue weighted by molar-refractivity contribution is 6.02. The van der Waals surface area contributed by atoms with Gasteiger partial charge in [-0.1, -0.05) is 12.1 Å². The van der Waals surface area contributed by atoms with Crippen LogP contribution in [0.5, 0.6) is 0 Å². The summed E-state index contributed by atoms with van der Waals surface area (Å²) in [5.41, 5.74) is 2.49. The van der Waals surface area contributed by atoms with E-state index in [1.807, 2.05) is 18.2 Å². The summed E-state index contributed by atoms with van der Waals surface area (Å²) in [6, 6.07) is 5.79. The molecule has 7 heteroatoms. The zero-order chi connectivity index (χ0) is 12.7. The van der Waals surface area contributed by atoms with Gasteiger partial charge in [0.05, 0.1) is 5.56 Å². The van der Waals surface area contributed by atoms with Crippen LogP contribution in [0.4, 0.5) is 0 Å². The molecule has 0 saturated heterocycles. The molecule has 0 radical (unpaired) electrons. The highest BCUT2D eigenvalue weighted by Gasteiger charge is 2.16. The summed E-state index contributed by atoms with van der Waals surface area (Å²) in [6.07, 6.45) is 5.12. The minimum absolute atomic E-state index is 0.498. The molecule has 0 aliphatic carbocycles. The van der Waals surface area contributed by atoms with E-state index in [1.54, 1.807) is 18.7 Å². The van der Waals surface area contributed by atoms with Gasteiger partial charge in [0.2, 0.25) is 5.82 Å². The summed E-state index contributed by atoms with van der Waals surface area (Å²) in [4.78, 5) is 7.37. The van der Waals surface area contributed by atoms with Gasteiger partial charge in [-0.05, 0) is 11.3 Å². The zero-order valence-corrected chi connectivity index (χ0v) is 9.66. The molecule has 1 aromatic carbocycles. The van der Waals surface area contributed by atoms with Crippen molar-refractivity contribution < 1.29 is 4.42 Å². The second kappa shape index (κ2) is 3.77. The maximum atomic E-state index is 5.55. The Labute approximate surface area is 106 Å². The Morgan fingerprint density at radius 2 is 2.16 bits per heavy atom. The molecular weight excluding hydrogens is 244 g/mol. The molecule has 0 fully saturated rings. The molecule has 0 unspecified atom stereocenters. The Hall–Kier alpha value is -2.96. The molecule has 3 aromatic heterocycles. The van der Waals surface area contributed by atoms with Gasteiger partial charge in [-0.25, -0.2) is 4.98 Å². The van der Waals surface area contributed by atoms with Crippen LogP contribution in [0.25, 0.3) is 33.7 Å². The van der Waals surface area contributed by atoms with Crippen molar-refractivity contribution in [1.82, 2.24) is 30.6 Å². The van der Waals surface area contributed by atoms with E-state index in [0.717, 1.165) is 27.9 Å². The summed E-state index contributed by atoms with van der Waals surface area (Å²) in [7, 11) is 0. The highest BCUT2D eigenvalue weighted by atomic mass is 16.3. The number of imidazole rings is 1. The number of H-pyrrole nitrogens is 2. The molecule has 7 nitrogen and oxygen atoms in total. The molecule has 2 N–H and O–H groups in total. The number of nitrogens with one attached hydrogen (secondary N) is 2. The molecule has 0 amide bonds. The normalized spacial score (nSPS) is 11.2. The van der Waals surface area contributed by atoms with Gasteiger partial charge >= 0.3 is 0 Å². The molecule has 19 heavy (non-hydrogen) atoms. The average Bonchev–Trinajstić information content (AvgIpc) is 3.18. The SMILES string of the molecule is c1cc(-c2ncc[nH]2)c2c(-c3nn[nH]n3)coc2c1. The van der Waals surface area contributed by atoms with Crippen molar-refractivity contribution in [2.45, 2.75) is 0 Å².